The highest BCUT2D eigenvalue weighted by Gasteiger charge is 2.07. The summed E-state index contributed by atoms with van der Waals surface area (Å²) >= 11 is 0. The van der Waals surface area contributed by atoms with Gasteiger partial charge < -0.3 is 19.5 Å². The van der Waals surface area contributed by atoms with E-state index in [1.807, 2.05) is 25.8 Å². The fraction of sp³-hybridized carbons (Fsp3) is 0.938. The molecule has 1 N–H and O–H groups in total. The summed E-state index contributed by atoms with van der Waals surface area (Å²) in [7, 11) is 1.95. The molecule has 0 radical (unpaired) electrons. The minimum absolute atomic E-state index is 0.0360. The molecule has 0 saturated carbocycles. The van der Waals surface area contributed by atoms with Gasteiger partial charge in [-0.2, -0.15) is 0 Å². The van der Waals surface area contributed by atoms with Gasteiger partial charge in [-0.25, -0.2) is 0 Å². The highest BCUT2D eigenvalue weighted by Crippen LogP contribution is 1.94. The number of likely N-dealkylation sites (N-methyl/N-ethyl adjacent to an activating group) is 1. The molecule has 0 aliphatic carbocycles. The van der Waals surface area contributed by atoms with Gasteiger partial charge in [-0.1, -0.05) is 13.8 Å². The van der Waals surface area contributed by atoms with Crippen LogP contribution in [0.3, 0.4) is 0 Å². The van der Waals surface area contributed by atoms with Gasteiger partial charge >= 0.3 is 0 Å². The molecule has 22 heavy (non-hydrogen) atoms. The number of hydrogen-bond acceptors (Lipinski definition) is 5. The second-order valence-corrected chi connectivity index (χ2v) is 6.08. The third-order valence-corrected chi connectivity index (χ3v) is 2.71. The third-order valence-electron chi connectivity index (χ3n) is 2.71. The Bertz CT molecular complexity index is 273. The first-order valence-electron chi connectivity index (χ1n) is 8.14. The predicted octanol–water partition coefficient (Wildman–Crippen LogP) is 1.15. The molecular weight excluding hydrogens is 284 g/mol. The van der Waals surface area contributed by atoms with Crippen molar-refractivity contribution in [3.8, 4) is 0 Å². The molecule has 132 valence electrons. The van der Waals surface area contributed by atoms with Crippen LogP contribution in [0.2, 0.25) is 0 Å². The number of carbonyl (C=O) groups is 1. The monoisotopic (exact) mass is 318 g/mol. The van der Waals surface area contributed by atoms with Gasteiger partial charge in [-0.15, -0.1) is 0 Å². The van der Waals surface area contributed by atoms with Crippen LogP contribution in [0.25, 0.3) is 0 Å². The van der Waals surface area contributed by atoms with Gasteiger partial charge in [-0.05, 0) is 26.8 Å². The van der Waals surface area contributed by atoms with E-state index in [4.69, 9.17) is 14.2 Å². The van der Waals surface area contributed by atoms with Crippen molar-refractivity contribution < 1.29 is 19.0 Å². The van der Waals surface area contributed by atoms with Crippen LogP contribution < -0.4 is 5.32 Å². The molecule has 0 aromatic rings. The molecule has 1 amide bonds. The lowest BCUT2D eigenvalue weighted by atomic mass is 10.2. The first-order chi connectivity index (χ1) is 10.4. The summed E-state index contributed by atoms with van der Waals surface area (Å²) in [5.74, 6) is 0.598. The molecule has 0 unspecified atom stereocenters. The minimum atomic E-state index is 0.0360. The first kappa shape index (κ1) is 21.3. The van der Waals surface area contributed by atoms with Gasteiger partial charge in [0.2, 0.25) is 5.91 Å². The summed E-state index contributed by atoms with van der Waals surface area (Å²) in [5, 5.41) is 2.84. The number of ether oxygens (including phenoxy) is 3. The Morgan fingerprint density at radius 2 is 1.59 bits per heavy atom. The Morgan fingerprint density at radius 3 is 2.18 bits per heavy atom. The summed E-state index contributed by atoms with van der Waals surface area (Å²) in [4.78, 5) is 13.7. The zero-order chi connectivity index (χ0) is 16.8. The van der Waals surface area contributed by atoms with Crippen molar-refractivity contribution in [2.75, 3.05) is 59.7 Å². The summed E-state index contributed by atoms with van der Waals surface area (Å²) in [6.45, 7) is 12.9. The van der Waals surface area contributed by atoms with E-state index < -0.39 is 0 Å². The molecule has 0 aromatic carbocycles. The topological polar surface area (TPSA) is 60.0 Å². The van der Waals surface area contributed by atoms with E-state index in [2.05, 4.69) is 19.2 Å². The fourth-order valence-electron chi connectivity index (χ4n) is 1.92. The molecule has 0 aliphatic heterocycles. The predicted molar refractivity (Wildman–Crippen MR) is 88.1 cm³/mol. The maximum Gasteiger partial charge on any atom is 0.234 e. The Balaban J connectivity index is 3.30. The van der Waals surface area contributed by atoms with Crippen molar-refractivity contribution in [2.24, 2.45) is 5.92 Å². The SMILES string of the molecule is CC(C)CN(C)CC(=O)NCCOCCOCCOC(C)C. The van der Waals surface area contributed by atoms with Crippen LogP contribution in [0.15, 0.2) is 0 Å². The summed E-state index contributed by atoms with van der Waals surface area (Å²) in [6.07, 6.45) is 0.239. The minimum Gasteiger partial charge on any atom is -0.377 e. The standard InChI is InChI=1S/C16H34N2O4/c1-14(2)12-18(5)13-16(19)17-6-7-20-8-9-21-10-11-22-15(3)4/h14-15H,6-13H2,1-5H3,(H,17,19). The second kappa shape index (κ2) is 13.9. The quantitative estimate of drug-likeness (QED) is 0.487. The number of nitrogens with one attached hydrogen (secondary N) is 1. The smallest absolute Gasteiger partial charge is 0.234 e. The maximum atomic E-state index is 11.7. The van der Waals surface area contributed by atoms with Crippen molar-refractivity contribution in [3.63, 3.8) is 0 Å². The van der Waals surface area contributed by atoms with Gasteiger partial charge in [0.25, 0.3) is 0 Å². The number of rotatable bonds is 14. The molecule has 6 nitrogen and oxygen atoms in total. The van der Waals surface area contributed by atoms with Crippen LogP contribution in [0, 0.1) is 5.92 Å². The number of carbonyl (C=O) groups excluding carboxylic acids is 1. The molecule has 0 atom stereocenters. The largest absolute Gasteiger partial charge is 0.377 e. The molecule has 0 saturated heterocycles. The average Bonchev–Trinajstić information content (AvgIpc) is 2.39. The van der Waals surface area contributed by atoms with Crippen molar-refractivity contribution in [2.45, 2.75) is 33.8 Å². The van der Waals surface area contributed by atoms with E-state index in [0.717, 1.165) is 6.54 Å². The molecule has 6 heteroatoms. The third kappa shape index (κ3) is 15.7. The molecular formula is C16H34N2O4. The Labute approximate surface area is 135 Å². The summed E-state index contributed by atoms with van der Waals surface area (Å²) in [5.41, 5.74) is 0. The van der Waals surface area contributed by atoms with Crippen molar-refractivity contribution in [1.82, 2.24) is 10.2 Å². The first-order valence-corrected chi connectivity index (χ1v) is 8.14. The van der Waals surface area contributed by atoms with Crippen LogP contribution in [-0.2, 0) is 19.0 Å². The van der Waals surface area contributed by atoms with Gasteiger partial charge in [0.15, 0.2) is 0 Å². The van der Waals surface area contributed by atoms with Crippen LogP contribution in [0.1, 0.15) is 27.7 Å². The Hall–Kier alpha value is -0.690. The molecule has 0 aromatic heterocycles. The number of nitrogens with zero attached hydrogens (tertiary/aromatic N) is 1. The van der Waals surface area contributed by atoms with E-state index in [1.165, 1.54) is 0 Å². The van der Waals surface area contributed by atoms with Crippen molar-refractivity contribution in [3.05, 3.63) is 0 Å². The second-order valence-electron chi connectivity index (χ2n) is 6.08. The zero-order valence-electron chi connectivity index (χ0n) is 14.9. The van der Waals surface area contributed by atoms with Crippen molar-refractivity contribution >= 4 is 5.91 Å². The molecule has 0 bridgehead atoms. The maximum absolute atomic E-state index is 11.7. The van der Waals surface area contributed by atoms with E-state index in [1.54, 1.807) is 0 Å². The molecule has 0 aliphatic rings. The Morgan fingerprint density at radius 1 is 1.00 bits per heavy atom. The van der Waals surface area contributed by atoms with Crippen LogP contribution in [-0.4, -0.2) is 76.6 Å². The number of amides is 1. The highest BCUT2D eigenvalue weighted by molar-refractivity contribution is 5.77. The van der Waals surface area contributed by atoms with Gasteiger partial charge in [-0.3, -0.25) is 9.69 Å². The molecule has 0 spiro atoms. The van der Waals surface area contributed by atoms with Gasteiger partial charge in [0.05, 0.1) is 45.7 Å². The lowest BCUT2D eigenvalue weighted by molar-refractivity contribution is -0.122. The van der Waals surface area contributed by atoms with Crippen LogP contribution >= 0.6 is 0 Å². The molecule has 0 rings (SSSR count). The fourth-order valence-corrected chi connectivity index (χ4v) is 1.92. The van der Waals surface area contributed by atoms with Crippen molar-refractivity contribution in [1.29, 1.82) is 0 Å². The van der Waals surface area contributed by atoms with Crippen LogP contribution in [0.5, 0.6) is 0 Å². The molecule has 0 fully saturated rings. The molecule has 0 heterocycles. The van der Waals surface area contributed by atoms with E-state index >= 15 is 0 Å². The normalized spacial score (nSPS) is 11.6. The summed E-state index contributed by atoms with van der Waals surface area (Å²) < 4.78 is 16.1. The Kier molecular flexibility index (Phi) is 13.5. The highest BCUT2D eigenvalue weighted by atomic mass is 16.5. The number of hydrogen-bond donors (Lipinski definition) is 1. The van der Waals surface area contributed by atoms with Gasteiger partial charge in [0, 0.05) is 13.1 Å². The zero-order valence-corrected chi connectivity index (χ0v) is 14.9. The van der Waals surface area contributed by atoms with E-state index in [-0.39, 0.29) is 12.0 Å². The summed E-state index contributed by atoms with van der Waals surface area (Å²) in [6, 6.07) is 0. The average molecular weight is 318 g/mol. The van der Waals surface area contributed by atoms with E-state index in [0.29, 0.717) is 52.0 Å². The van der Waals surface area contributed by atoms with E-state index in [9.17, 15) is 4.79 Å². The van der Waals surface area contributed by atoms with Gasteiger partial charge in [0.1, 0.15) is 0 Å². The lowest BCUT2D eigenvalue weighted by Gasteiger charge is -2.18. The van der Waals surface area contributed by atoms with Crippen LogP contribution in [0.4, 0.5) is 0 Å². The lowest BCUT2D eigenvalue weighted by Crippen LogP contribution is -2.38.